The SMILES string of the molecule is CC(CNc1c(Br)cnc2ccccc12)N(C)c1ccccc1. The van der Waals surface area contributed by atoms with Crippen molar-refractivity contribution < 1.29 is 0 Å². The molecule has 0 bridgehead atoms. The van der Waals surface area contributed by atoms with Crippen molar-refractivity contribution in [2.45, 2.75) is 13.0 Å². The van der Waals surface area contributed by atoms with Crippen molar-refractivity contribution in [3.05, 3.63) is 65.3 Å². The smallest absolute Gasteiger partial charge is 0.0723 e. The lowest BCUT2D eigenvalue weighted by atomic mass is 10.1. The number of nitrogens with one attached hydrogen (secondary N) is 1. The molecule has 0 aliphatic heterocycles. The Morgan fingerprint density at radius 1 is 1.09 bits per heavy atom. The predicted molar refractivity (Wildman–Crippen MR) is 102 cm³/mol. The molecule has 0 saturated heterocycles. The summed E-state index contributed by atoms with van der Waals surface area (Å²) in [5.74, 6) is 0. The van der Waals surface area contributed by atoms with Crippen LogP contribution in [0.4, 0.5) is 11.4 Å². The van der Waals surface area contributed by atoms with Crippen LogP contribution in [0.3, 0.4) is 0 Å². The Bertz CT molecular complexity index is 789. The number of likely N-dealkylation sites (N-methyl/N-ethyl adjacent to an activating group) is 1. The average molecular weight is 370 g/mol. The Morgan fingerprint density at radius 3 is 2.57 bits per heavy atom. The third-order valence-corrected chi connectivity index (χ3v) is 4.73. The Labute approximate surface area is 145 Å². The summed E-state index contributed by atoms with van der Waals surface area (Å²) >= 11 is 3.61. The van der Waals surface area contributed by atoms with E-state index in [-0.39, 0.29) is 0 Å². The third-order valence-electron chi connectivity index (χ3n) is 4.13. The van der Waals surface area contributed by atoms with Crippen molar-refractivity contribution in [2.24, 2.45) is 0 Å². The second-order valence-electron chi connectivity index (χ2n) is 5.67. The molecule has 1 unspecified atom stereocenters. The summed E-state index contributed by atoms with van der Waals surface area (Å²) in [6.45, 7) is 3.06. The van der Waals surface area contributed by atoms with E-state index in [1.54, 1.807) is 0 Å². The van der Waals surface area contributed by atoms with Gasteiger partial charge in [0.1, 0.15) is 0 Å². The molecule has 0 saturated carbocycles. The average Bonchev–Trinajstić information content (AvgIpc) is 2.60. The van der Waals surface area contributed by atoms with Crippen LogP contribution in [0.15, 0.2) is 65.3 Å². The van der Waals surface area contributed by atoms with E-state index in [0.717, 1.165) is 27.6 Å². The minimum atomic E-state index is 0.358. The molecule has 0 amide bonds. The van der Waals surface area contributed by atoms with Gasteiger partial charge in [0, 0.05) is 36.9 Å². The molecular formula is C19H20BrN3. The third kappa shape index (κ3) is 3.48. The lowest BCUT2D eigenvalue weighted by molar-refractivity contribution is 0.716. The lowest BCUT2D eigenvalue weighted by Crippen LogP contribution is -2.34. The minimum absolute atomic E-state index is 0.358. The van der Waals surface area contributed by atoms with Gasteiger partial charge in [-0.3, -0.25) is 4.98 Å². The van der Waals surface area contributed by atoms with E-state index in [2.05, 4.69) is 75.4 Å². The quantitative estimate of drug-likeness (QED) is 0.690. The van der Waals surface area contributed by atoms with Gasteiger partial charge in [-0.25, -0.2) is 0 Å². The number of benzene rings is 2. The summed E-state index contributed by atoms with van der Waals surface area (Å²) in [6.07, 6.45) is 1.86. The molecule has 1 N–H and O–H groups in total. The lowest BCUT2D eigenvalue weighted by Gasteiger charge is -2.28. The van der Waals surface area contributed by atoms with Gasteiger partial charge in [0.15, 0.2) is 0 Å². The second-order valence-corrected chi connectivity index (χ2v) is 6.53. The van der Waals surface area contributed by atoms with E-state index in [1.165, 1.54) is 5.69 Å². The number of hydrogen-bond acceptors (Lipinski definition) is 3. The van der Waals surface area contributed by atoms with Gasteiger partial charge < -0.3 is 10.2 Å². The van der Waals surface area contributed by atoms with Crippen LogP contribution in [0.2, 0.25) is 0 Å². The van der Waals surface area contributed by atoms with E-state index in [4.69, 9.17) is 0 Å². The number of fused-ring (bicyclic) bond motifs is 1. The fourth-order valence-electron chi connectivity index (χ4n) is 2.60. The normalized spacial score (nSPS) is 12.1. The van der Waals surface area contributed by atoms with Gasteiger partial charge in [-0.1, -0.05) is 36.4 Å². The molecule has 118 valence electrons. The van der Waals surface area contributed by atoms with Gasteiger partial charge in [0.05, 0.1) is 15.7 Å². The highest BCUT2D eigenvalue weighted by atomic mass is 79.9. The Morgan fingerprint density at radius 2 is 1.78 bits per heavy atom. The highest BCUT2D eigenvalue weighted by Crippen LogP contribution is 2.29. The van der Waals surface area contributed by atoms with Crippen LogP contribution in [0.25, 0.3) is 10.9 Å². The van der Waals surface area contributed by atoms with E-state index < -0.39 is 0 Å². The molecule has 3 rings (SSSR count). The van der Waals surface area contributed by atoms with E-state index in [0.29, 0.717) is 6.04 Å². The number of hydrogen-bond donors (Lipinski definition) is 1. The second kappa shape index (κ2) is 7.01. The molecule has 4 heteroatoms. The first-order valence-corrected chi connectivity index (χ1v) is 8.51. The Balaban J connectivity index is 1.77. The van der Waals surface area contributed by atoms with Crippen LogP contribution in [0.5, 0.6) is 0 Å². The topological polar surface area (TPSA) is 28.2 Å². The van der Waals surface area contributed by atoms with Crippen molar-refractivity contribution in [3.63, 3.8) is 0 Å². The summed E-state index contributed by atoms with van der Waals surface area (Å²) in [7, 11) is 2.13. The summed E-state index contributed by atoms with van der Waals surface area (Å²) in [5.41, 5.74) is 3.33. The van der Waals surface area contributed by atoms with Crippen molar-refractivity contribution in [2.75, 3.05) is 23.8 Å². The molecule has 1 aromatic heterocycles. The first-order valence-electron chi connectivity index (χ1n) is 7.72. The van der Waals surface area contributed by atoms with E-state index in [1.807, 2.05) is 30.5 Å². The van der Waals surface area contributed by atoms with E-state index in [9.17, 15) is 0 Å². The van der Waals surface area contributed by atoms with Crippen LogP contribution < -0.4 is 10.2 Å². The van der Waals surface area contributed by atoms with Crippen LogP contribution >= 0.6 is 15.9 Å². The molecule has 2 aromatic carbocycles. The summed E-state index contributed by atoms with van der Waals surface area (Å²) in [4.78, 5) is 6.74. The van der Waals surface area contributed by atoms with Crippen LogP contribution in [0, 0.1) is 0 Å². The van der Waals surface area contributed by atoms with Crippen molar-refractivity contribution in [3.8, 4) is 0 Å². The van der Waals surface area contributed by atoms with Crippen molar-refractivity contribution in [1.29, 1.82) is 0 Å². The van der Waals surface area contributed by atoms with Gasteiger partial charge in [0.2, 0.25) is 0 Å². The Kier molecular flexibility index (Phi) is 4.82. The largest absolute Gasteiger partial charge is 0.381 e. The summed E-state index contributed by atoms with van der Waals surface area (Å²) in [6, 6.07) is 19.0. The van der Waals surface area contributed by atoms with Gasteiger partial charge in [-0.2, -0.15) is 0 Å². The molecule has 1 atom stereocenters. The number of anilines is 2. The maximum absolute atomic E-state index is 4.45. The minimum Gasteiger partial charge on any atom is -0.381 e. The van der Waals surface area contributed by atoms with Crippen molar-refractivity contribution >= 4 is 38.2 Å². The fraction of sp³-hybridized carbons (Fsp3) is 0.211. The molecular weight excluding hydrogens is 350 g/mol. The van der Waals surface area contributed by atoms with Gasteiger partial charge in [-0.15, -0.1) is 0 Å². The highest BCUT2D eigenvalue weighted by molar-refractivity contribution is 9.10. The maximum atomic E-state index is 4.45. The molecule has 0 aliphatic carbocycles. The Hall–Kier alpha value is -2.07. The zero-order valence-electron chi connectivity index (χ0n) is 13.3. The molecule has 3 nitrogen and oxygen atoms in total. The first-order chi connectivity index (χ1) is 11.2. The summed E-state index contributed by atoms with van der Waals surface area (Å²) < 4.78 is 0.991. The number of rotatable bonds is 5. The molecule has 0 radical (unpaired) electrons. The standard InChI is InChI=1S/C19H20BrN3/c1-14(23(2)15-8-4-3-5-9-15)12-22-19-16-10-6-7-11-18(16)21-13-17(19)20/h3-11,13-14H,12H2,1-2H3,(H,21,22). The van der Waals surface area contributed by atoms with Gasteiger partial charge in [0.25, 0.3) is 0 Å². The van der Waals surface area contributed by atoms with Crippen molar-refractivity contribution in [1.82, 2.24) is 4.98 Å². The highest BCUT2D eigenvalue weighted by Gasteiger charge is 2.12. The number of pyridine rings is 1. The number of aromatic nitrogens is 1. The summed E-state index contributed by atoms with van der Waals surface area (Å²) in [5, 5.41) is 4.71. The number of nitrogens with zero attached hydrogens (tertiary/aromatic N) is 2. The first kappa shape index (κ1) is 15.8. The molecule has 0 aliphatic rings. The van der Waals surface area contributed by atoms with Gasteiger partial charge >= 0.3 is 0 Å². The van der Waals surface area contributed by atoms with Crippen LogP contribution in [-0.4, -0.2) is 24.6 Å². The molecule has 23 heavy (non-hydrogen) atoms. The fourth-order valence-corrected chi connectivity index (χ4v) is 3.06. The van der Waals surface area contributed by atoms with Gasteiger partial charge in [-0.05, 0) is 41.1 Å². The molecule has 3 aromatic rings. The monoisotopic (exact) mass is 369 g/mol. The van der Waals surface area contributed by atoms with E-state index >= 15 is 0 Å². The number of para-hydroxylation sites is 2. The molecule has 0 fully saturated rings. The van der Waals surface area contributed by atoms with Crippen LogP contribution in [0.1, 0.15) is 6.92 Å². The molecule has 0 spiro atoms. The molecule has 1 heterocycles. The zero-order valence-corrected chi connectivity index (χ0v) is 14.9. The predicted octanol–water partition coefficient (Wildman–Crippen LogP) is 4.93. The number of halogens is 1. The zero-order chi connectivity index (χ0) is 16.2. The van der Waals surface area contributed by atoms with Crippen LogP contribution in [-0.2, 0) is 0 Å². The maximum Gasteiger partial charge on any atom is 0.0723 e.